The van der Waals surface area contributed by atoms with Crippen LogP contribution >= 0.6 is 0 Å². The second-order valence-electron chi connectivity index (χ2n) is 7.36. The van der Waals surface area contributed by atoms with Gasteiger partial charge >= 0.3 is 0 Å². The molecule has 2 aromatic heterocycles. The van der Waals surface area contributed by atoms with Crippen LogP contribution in [-0.4, -0.2) is 39.2 Å². The minimum atomic E-state index is -0.0610. The van der Waals surface area contributed by atoms with Crippen LogP contribution in [0.5, 0.6) is 5.75 Å². The predicted octanol–water partition coefficient (Wildman–Crippen LogP) is 4.79. The van der Waals surface area contributed by atoms with Gasteiger partial charge < -0.3 is 9.64 Å². The quantitative estimate of drug-likeness (QED) is 0.436. The zero-order chi connectivity index (χ0) is 21.8. The third-order valence-corrected chi connectivity index (χ3v) is 5.21. The first-order valence-electron chi connectivity index (χ1n) is 10.5. The Hall–Kier alpha value is -3.67. The monoisotopic (exact) mass is 414 g/mol. The molecule has 0 bridgehead atoms. The van der Waals surface area contributed by atoms with E-state index in [4.69, 9.17) is 9.72 Å². The Bertz CT molecular complexity index is 1180. The number of amides is 1. The Kier molecular flexibility index (Phi) is 5.98. The van der Waals surface area contributed by atoms with E-state index in [9.17, 15) is 4.79 Å². The van der Waals surface area contributed by atoms with Gasteiger partial charge in [-0.1, -0.05) is 42.5 Å². The van der Waals surface area contributed by atoms with Gasteiger partial charge in [-0.3, -0.25) is 4.79 Å². The number of pyridine rings is 1. The molecule has 158 valence electrons. The summed E-state index contributed by atoms with van der Waals surface area (Å²) < 4.78 is 7.33. The number of benzene rings is 2. The highest BCUT2D eigenvalue weighted by Gasteiger charge is 2.20. The average Bonchev–Trinajstić information content (AvgIpc) is 3.23. The highest BCUT2D eigenvalue weighted by molar-refractivity contribution is 6.06. The van der Waals surface area contributed by atoms with Gasteiger partial charge in [-0.15, -0.1) is 0 Å². The van der Waals surface area contributed by atoms with Crippen LogP contribution in [0.15, 0.2) is 66.9 Å². The van der Waals surface area contributed by atoms with Crippen molar-refractivity contribution in [2.45, 2.75) is 26.9 Å². The Morgan fingerprint density at radius 1 is 1.06 bits per heavy atom. The van der Waals surface area contributed by atoms with Crippen molar-refractivity contribution in [3.8, 4) is 17.0 Å². The molecule has 0 atom stereocenters. The number of fused-ring (bicyclic) bond motifs is 1. The molecule has 0 aliphatic rings. The van der Waals surface area contributed by atoms with Crippen LogP contribution in [0, 0.1) is 0 Å². The molecule has 6 heteroatoms. The molecule has 0 saturated heterocycles. The fourth-order valence-electron chi connectivity index (χ4n) is 3.62. The molecule has 4 rings (SSSR count). The second-order valence-corrected chi connectivity index (χ2v) is 7.36. The zero-order valence-corrected chi connectivity index (χ0v) is 18.1. The van der Waals surface area contributed by atoms with E-state index in [0.717, 1.165) is 33.6 Å². The summed E-state index contributed by atoms with van der Waals surface area (Å²) in [4.78, 5) is 20.0. The van der Waals surface area contributed by atoms with Gasteiger partial charge in [0, 0.05) is 25.7 Å². The summed E-state index contributed by atoms with van der Waals surface area (Å²) in [5, 5.41) is 5.20. The Morgan fingerprint density at radius 2 is 1.81 bits per heavy atom. The summed E-state index contributed by atoms with van der Waals surface area (Å²) in [6, 6.07) is 19.6. The van der Waals surface area contributed by atoms with Gasteiger partial charge in [0.05, 0.1) is 29.4 Å². The summed E-state index contributed by atoms with van der Waals surface area (Å²) in [7, 11) is 1.82. The Morgan fingerprint density at radius 3 is 2.48 bits per heavy atom. The largest absolute Gasteiger partial charge is 0.494 e. The van der Waals surface area contributed by atoms with E-state index in [1.807, 2.05) is 86.2 Å². The summed E-state index contributed by atoms with van der Waals surface area (Å²) >= 11 is 0. The number of hydrogen-bond acceptors (Lipinski definition) is 4. The van der Waals surface area contributed by atoms with E-state index in [2.05, 4.69) is 5.10 Å². The van der Waals surface area contributed by atoms with Crippen LogP contribution in [0.2, 0.25) is 0 Å². The van der Waals surface area contributed by atoms with Crippen molar-refractivity contribution in [2.75, 3.05) is 13.7 Å². The number of aryl methyl sites for hydroxylation is 1. The van der Waals surface area contributed by atoms with E-state index < -0.39 is 0 Å². The first-order valence-corrected chi connectivity index (χ1v) is 10.5. The highest BCUT2D eigenvalue weighted by Crippen LogP contribution is 2.26. The molecular formula is C25H26N4O2. The smallest absolute Gasteiger partial charge is 0.254 e. The number of carbonyl (C=O) groups is 1. The van der Waals surface area contributed by atoms with Gasteiger partial charge in [0.2, 0.25) is 0 Å². The summed E-state index contributed by atoms with van der Waals surface area (Å²) in [5.74, 6) is 0.768. The van der Waals surface area contributed by atoms with Gasteiger partial charge in [0.1, 0.15) is 5.75 Å². The molecule has 1 amide bonds. The molecule has 2 aromatic carbocycles. The summed E-state index contributed by atoms with van der Waals surface area (Å²) in [6.45, 7) is 5.79. The molecule has 6 nitrogen and oxygen atoms in total. The van der Waals surface area contributed by atoms with E-state index in [1.54, 1.807) is 11.1 Å². The predicted molar refractivity (Wildman–Crippen MR) is 122 cm³/mol. The first kappa shape index (κ1) is 20.6. The first-order chi connectivity index (χ1) is 15.1. The van der Waals surface area contributed by atoms with Crippen molar-refractivity contribution in [1.82, 2.24) is 19.7 Å². The molecule has 0 N–H and O–H groups in total. The van der Waals surface area contributed by atoms with Crippen molar-refractivity contribution in [2.24, 2.45) is 0 Å². The molecule has 0 radical (unpaired) electrons. The van der Waals surface area contributed by atoms with Crippen LogP contribution in [0.1, 0.15) is 29.8 Å². The maximum absolute atomic E-state index is 13.4. The maximum Gasteiger partial charge on any atom is 0.254 e. The number of rotatable bonds is 7. The van der Waals surface area contributed by atoms with Gasteiger partial charge in [-0.05, 0) is 37.6 Å². The molecule has 4 aromatic rings. The SMILES string of the molecule is CCOc1ccc(CN(C)C(=O)c2cc(-c3ccccc3)nc3c2cnn3CC)cc1. The van der Waals surface area contributed by atoms with Crippen molar-refractivity contribution >= 4 is 16.9 Å². The molecule has 31 heavy (non-hydrogen) atoms. The molecule has 0 aliphatic carbocycles. The van der Waals surface area contributed by atoms with Crippen molar-refractivity contribution < 1.29 is 9.53 Å². The van der Waals surface area contributed by atoms with Gasteiger partial charge in [0.25, 0.3) is 5.91 Å². The molecule has 0 saturated carbocycles. The summed E-state index contributed by atoms with van der Waals surface area (Å²) in [5.41, 5.74) is 4.10. The number of hydrogen-bond donors (Lipinski definition) is 0. The van der Waals surface area contributed by atoms with Crippen LogP contribution in [0.25, 0.3) is 22.3 Å². The number of aromatic nitrogens is 3. The third kappa shape index (κ3) is 4.28. The van der Waals surface area contributed by atoms with Gasteiger partial charge in [0.15, 0.2) is 5.65 Å². The molecule has 2 heterocycles. The fraction of sp³-hybridized carbons (Fsp3) is 0.240. The molecule has 0 spiro atoms. The summed E-state index contributed by atoms with van der Waals surface area (Å²) in [6.07, 6.45) is 1.73. The Balaban J connectivity index is 1.68. The van der Waals surface area contributed by atoms with Crippen molar-refractivity contribution in [3.63, 3.8) is 0 Å². The molecule has 0 fully saturated rings. The fourth-order valence-corrected chi connectivity index (χ4v) is 3.62. The van der Waals surface area contributed by atoms with E-state index in [-0.39, 0.29) is 5.91 Å². The minimum Gasteiger partial charge on any atom is -0.494 e. The average molecular weight is 415 g/mol. The molecule has 0 unspecified atom stereocenters. The topological polar surface area (TPSA) is 60.2 Å². The van der Waals surface area contributed by atoms with E-state index in [1.165, 1.54) is 0 Å². The second kappa shape index (κ2) is 9.00. The van der Waals surface area contributed by atoms with Crippen LogP contribution in [0.4, 0.5) is 0 Å². The van der Waals surface area contributed by atoms with Crippen LogP contribution < -0.4 is 4.74 Å². The number of nitrogens with zero attached hydrogens (tertiary/aromatic N) is 4. The Labute approximate surface area is 182 Å². The normalized spacial score (nSPS) is 10.9. The molecule has 0 aliphatic heterocycles. The van der Waals surface area contributed by atoms with E-state index in [0.29, 0.717) is 25.3 Å². The van der Waals surface area contributed by atoms with Gasteiger partial charge in [-0.2, -0.15) is 5.10 Å². The van der Waals surface area contributed by atoms with Crippen molar-refractivity contribution in [3.05, 3.63) is 78.0 Å². The lowest BCUT2D eigenvalue weighted by Crippen LogP contribution is -2.26. The lowest BCUT2D eigenvalue weighted by Gasteiger charge is -2.18. The van der Waals surface area contributed by atoms with Gasteiger partial charge in [-0.25, -0.2) is 9.67 Å². The highest BCUT2D eigenvalue weighted by atomic mass is 16.5. The standard InChI is InChI=1S/C25H26N4O2/c1-4-29-24-22(16-26-29)21(15-23(27-24)19-9-7-6-8-10-19)25(30)28(3)17-18-11-13-20(14-12-18)31-5-2/h6-16H,4-5,17H2,1-3H3. The zero-order valence-electron chi connectivity index (χ0n) is 18.1. The number of carbonyl (C=O) groups excluding carboxylic acids is 1. The van der Waals surface area contributed by atoms with Crippen LogP contribution in [0.3, 0.4) is 0 Å². The van der Waals surface area contributed by atoms with E-state index >= 15 is 0 Å². The lowest BCUT2D eigenvalue weighted by molar-refractivity contribution is 0.0787. The minimum absolute atomic E-state index is 0.0610. The molecular weight excluding hydrogens is 388 g/mol. The van der Waals surface area contributed by atoms with Crippen LogP contribution in [-0.2, 0) is 13.1 Å². The number of ether oxygens (including phenoxy) is 1. The van der Waals surface area contributed by atoms with Crippen molar-refractivity contribution in [1.29, 1.82) is 0 Å². The maximum atomic E-state index is 13.4. The lowest BCUT2D eigenvalue weighted by atomic mass is 10.1. The third-order valence-electron chi connectivity index (χ3n) is 5.21.